The third kappa shape index (κ3) is 5.08. The molecule has 132 valence electrons. The number of hydrogen-bond acceptors (Lipinski definition) is 5. The van der Waals surface area contributed by atoms with E-state index in [2.05, 4.69) is 15.3 Å². The summed E-state index contributed by atoms with van der Waals surface area (Å²) in [6.07, 6.45) is 5.54. The van der Waals surface area contributed by atoms with Crippen molar-refractivity contribution >= 4 is 23.3 Å². The zero-order chi connectivity index (χ0) is 18.2. The van der Waals surface area contributed by atoms with Crippen LogP contribution in [-0.2, 0) is 17.8 Å². The number of carbonyl (C=O) groups excluding carboxylic acids is 1. The van der Waals surface area contributed by atoms with E-state index < -0.39 is 0 Å². The summed E-state index contributed by atoms with van der Waals surface area (Å²) < 4.78 is 0. The molecule has 0 atom stereocenters. The molecule has 0 aliphatic rings. The Bertz CT molecular complexity index is 891. The minimum atomic E-state index is -0.164. The van der Waals surface area contributed by atoms with Gasteiger partial charge in [-0.15, -0.1) is 11.3 Å². The predicted octanol–water partition coefficient (Wildman–Crippen LogP) is 3.07. The molecule has 0 spiro atoms. The van der Waals surface area contributed by atoms with Gasteiger partial charge in [0.15, 0.2) is 0 Å². The number of aliphatic hydroxyl groups excluding tert-OH is 1. The van der Waals surface area contributed by atoms with Gasteiger partial charge in [0.1, 0.15) is 5.82 Å². The summed E-state index contributed by atoms with van der Waals surface area (Å²) >= 11 is 1.49. The smallest absolute Gasteiger partial charge is 0.244 e. The number of nitrogens with zero attached hydrogens (tertiary/aromatic N) is 2. The second-order valence-corrected chi connectivity index (χ2v) is 6.56. The van der Waals surface area contributed by atoms with Crippen molar-refractivity contribution in [3.05, 3.63) is 76.4 Å². The van der Waals surface area contributed by atoms with E-state index >= 15 is 0 Å². The number of amides is 1. The Labute approximate surface area is 156 Å². The van der Waals surface area contributed by atoms with Crippen molar-refractivity contribution in [3.63, 3.8) is 0 Å². The molecule has 2 heterocycles. The quantitative estimate of drug-likeness (QED) is 0.631. The molecule has 6 heteroatoms. The summed E-state index contributed by atoms with van der Waals surface area (Å²) in [6.45, 7) is 0.479. The first-order chi connectivity index (χ1) is 12.7. The molecule has 0 aliphatic carbocycles. The van der Waals surface area contributed by atoms with Gasteiger partial charge in [0.2, 0.25) is 5.91 Å². The molecule has 0 radical (unpaired) electrons. The molecule has 5 nitrogen and oxygen atoms in total. The number of benzene rings is 1. The number of thiophene rings is 1. The average Bonchev–Trinajstić information content (AvgIpc) is 3.15. The molecule has 1 aromatic carbocycles. The molecular weight excluding hydrogens is 346 g/mol. The van der Waals surface area contributed by atoms with Crippen LogP contribution in [0.25, 0.3) is 17.3 Å². The van der Waals surface area contributed by atoms with Gasteiger partial charge < -0.3 is 10.4 Å². The Morgan fingerprint density at radius 3 is 2.85 bits per heavy atom. The standard InChI is InChI=1S/C20H19N3O2S/c24-13-15-12-17(26-14-15)6-7-20(25)22-11-9-19-21-10-8-18(23-19)16-4-2-1-3-5-16/h1-8,10,12,14,24H,9,11,13H2,(H,22,25)/b7-6+. The van der Waals surface area contributed by atoms with Crippen molar-refractivity contribution in [2.75, 3.05) is 6.54 Å². The maximum atomic E-state index is 11.9. The predicted molar refractivity (Wildman–Crippen MR) is 103 cm³/mol. The molecule has 3 rings (SSSR count). The number of aromatic nitrogens is 2. The fourth-order valence-corrected chi connectivity index (χ4v) is 3.16. The van der Waals surface area contributed by atoms with E-state index in [4.69, 9.17) is 5.11 Å². The summed E-state index contributed by atoms with van der Waals surface area (Å²) in [5.41, 5.74) is 2.77. The minimum Gasteiger partial charge on any atom is -0.392 e. The van der Waals surface area contributed by atoms with Gasteiger partial charge in [0.05, 0.1) is 12.3 Å². The van der Waals surface area contributed by atoms with Crippen LogP contribution in [0.3, 0.4) is 0 Å². The van der Waals surface area contributed by atoms with Crippen LogP contribution in [-0.4, -0.2) is 27.5 Å². The number of aliphatic hydroxyl groups is 1. The molecule has 3 aromatic rings. The number of nitrogens with one attached hydrogen (secondary N) is 1. The van der Waals surface area contributed by atoms with Crippen LogP contribution >= 0.6 is 11.3 Å². The Morgan fingerprint density at radius 1 is 1.23 bits per heavy atom. The van der Waals surface area contributed by atoms with Crippen molar-refractivity contribution in [2.45, 2.75) is 13.0 Å². The van der Waals surface area contributed by atoms with Crippen LogP contribution < -0.4 is 5.32 Å². The van der Waals surface area contributed by atoms with Gasteiger partial charge in [-0.2, -0.15) is 0 Å². The number of hydrogen-bond donors (Lipinski definition) is 2. The van der Waals surface area contributed by atoms with E-state index in [1.807, 2.05) is 47.8 Å². The first-order valence-electron chi connectivity index (χ1n) is 8.26. The van der Waals surface area contributed by atoms with Gasteiger partial charge >= 0.3 is 0 Å². The zero-order valence-electron chi connectivity index (χ0n) is 14.1. The van der Waals surface area contributed by atoms with Gasteiger partial charge in [-0.3, -0.25) is 4.79 Å². The summed E-state index contributed by atoms with van der Waals surface area (Å²) in [4.78, 5) is 21.6. The molecule has 0 aliphatic heterocycles. The van der Waals surface area contributed by atoms with Crippen LogP contribution in [0.4, 0.5) is 0 Å². The molecule has 0 saturated heterocycles. The van der Waals surface area contributed by atoms with Crippen molar-refractivity contribution in [1.82, 2.24) is 15.3 Å². The van der Waals surface area contributed by atoms with Gasteiger partial charge in [-0.25, -0.2) is 9.97 Å². The van der Waals surface area contributed by atoms with E-state index in [1.165, 1.54) is 17.4 Å². The Hall–Kier alpha value is -2.83. The van der Waals surface area contributed by atoms with Crippen LogP contribution in [0.5, 0.6) is 0 Å². The average molecular weight is 365 g/mol. The molecule has 0 bridgehead atoms. The lowest BCUT2D eigenvalue weighted by atomic mass is 10.1. The van der Waals surface area contributed by atoms with E-state index in [-0.39, 0.29) is 12.5 Å². The highest BCUT2D eigenvalue weighted by molar-refractivity contribution is 7.11. The molecule has 0 saturated carbocycles. The fraction of sp³-hybridized carbons (Fsp3) is 0.150. The van der Waals surface area contributed by atoms with E-state index in [9.17, 15) is 4.79 Å². The van der Waals surface area contributed by atoms with Crippen LogP contribution in [0, 0.1) is 0 Å². The van der Waals surface area contributed by atoms with E-state index in [1.54, 1.807) is 12.3 Å². The number of carbonyl (C=O) groups is 1. The third-order valence-corrected chi connectivity index (χ3v) is 4.63. The van der Waals surface area contributed by atoms with E-state index in [0.29, 0.717) is 18.8 Å². The van der Waals surface area contributed by atoms with Crippen LogP contribution in [0.2, 0.25) is 0 Å². The van der Waals surface area contributed by atoms with Gasteiger partial charge in [0, 0.05) is 35.7 Å². The normalized spacial score (nSPS) is 11.0. The molecule has 0 unspecified atom stereocenters. The maximum absolute atomic E-state index is 11.9. The second-order valence-electron chi connectivity index (χ2n) is 5.61. The summed E-state index contributed by atoms with van der Waals surface area (Å²) in [5.74, 6) is 0.532. The summed E-state index contributed by atoms with van der Waals surface area (Å²) in [7, 11) is 0. The fourth-order valence-electron chi connectivity index (χ4n) is 2.37. The summed E-state index contributed by atoms with van der Waals surface area (Å²) in [6, 6.07) is 13.7. The highest BCUT2D eigenvalue weighted by atomic mass is 32.1. The first-order valence-corrected chi connectivity index (χ1v) is 9.14. The van der Waals surface area contributed by atoms with Crippen LogP contribution in [0.15, 0.2) is 60.1 Å². The van der Waals surface area contributed by atoms with Crippen molar-refractivity contribution in [1.29, 1.82) is 0 Å². The van der Waals surface area contributed by atoms with Gasteiger partial charge in [0.25, 0.3) is 0 Å². The Balaban J connectivity index is 1.51. The first kappa shape index (κ1) is 18.0. The van der Waals surface area contributed by atoms with Gasteiger partial charge in [-0.05, 0) is 29.2 Å². The summed E-state index contributed by atoms with van der Waals surface area (Å²) in [5, 5.41) is 13.7. The molecule has 2 N–H and O–H groups in total. The SMILES string of the molecule is O=C(/C=C/c1cc(CO)cs1)NCCc1nccc(-c2ccccc2)n1. The van der Waals surface area contributed by atoms with Crippen molar-refractivity contribution in [2.24, 2.45) is 0 Å². The Morgan fingerprint density at radius 2 is 2.08 bits per heavy atom. The highest BCUT2D eigenvalue weighted by Crippen LogP contribution is 2.16. The van der Waals surface area contributed by atoms with E-state index in [0.717, 1.165) is 21.7 Å². The second kappa shape index (κ2) is 9.03. The molecule has 26 heavy (non-hydrogen) atoms. The van der Waals surface area contributed by atoms with Crippen LogP contribution in [0.1, 0.15) is 16.3 Å². The van der Waals surface area contributed by atoms with Crippen molar-refractivity contribution in [3.8, 4) is 11.3 Å². The van der Waals surface area contributed by atoms with Crippen molar-refractivity contribution < 1.29 is 9.90 Å². The largest absolute Gasteiger partial charge is 0.392 e. The lowest BCUT2D eigenvalue weighted by molar-refractivity contribution is -0.116. The maximum Gasteiger partial charge on any atom is 0.244 e. The topological polar surface area (TPSA) is 75.1 Å². The zero-order valence-corrected chi connectivity index (χ0v) is 14.9. The van der Waals surface area contributed by atoms with Gasteiger partial charge in [-0.1, -0.05) is 30.3 Å². The Kier molecular flexibility index (Phi) is 6.24. The molecule has 1 amide bonds. The molecular formula is C20H19N3O2S. The lowest BCUT2D eigenvalue weighted by Crippen LogP contribution is -2.24. The molecule has 0 fully saturated rings. The molecule has 2 aromatic heterocycles. The number of rotatable bonds is 7. The third-order valence-electron chi connectivity index (χ3n) is 3.68. The monoisotopic (exact) mass is 365 g/mol. The minimum absolute atomic E-state index is 0.0125. The highest BCUT2D eigenvalue weighted by Gasteiger charge is 2.03. The lowest BCUT2D eigenvalue weighted by Gasteiger charge is -2.04.